The van der Waals surface area contributed by atoms with E-state index in [0.29, 0.717) is 30.5 Å². The highest BCUT2D eigenvalue weighted by molar-refractivity contribution is 5.86. The number of hydrogen-bond acceptors (Lipinski definition) is 3. The molecule has 0 bridgehead atoms. The lowest BCUT2D eigenvalue weighted by Crippen LogP contribution is -2.64. The third-order valence-corrected chi connectivity index (χ3v) is 9.77. The van der Waals surface area contributed by atoms with E-state index in [9.17, 15) is 14.7 Å². The minimum atomic E-state index is -0.320. The van der Waals surface area contributed by atoms with Crippen LogP contribution in [-0.4, -0.2) is 22.8 Å². The first-order valence-corrected chi connectivity index (χ1v) is 11.1. The second-order valence-electron chi connectivity index (χ2n) is 11.3. The molecule has 154 valence electrons. The van der Waals surface area contributed by atoms with Crippen molar-refractivity contribution in [1.82, 2.24) is 0 Å². The Kier molecular flexibility index (Phi) is 5.20. The van der Waals surface area contributed by atoms with E-state index in [1.807, 2.05) is 0 Å². The van der Waals surface area contributed by atoms with Crippen LogP contribution in [0.15, 0.2) is 0 Å². The largest absolute Gasteiger partial charge is 0.393 e. The summed E-state index contributed by atoms with van der Waals surface area (Å²) in [6.07, 6.45) is 7.82. The lowest BCUT2D eigenvalue weighted by molar-refractivity contribution is -0.210. The molecule has 0 amide bonds. The van der Waals surface area contributed by atoms with Crippen molar-refractivity contribution in [3.05, 3.63) is 0 Å². The molecular formula is C24H40O3. The van der Waals surface area contributed by atoms with Crippen molar-refractivity contribution in [3.8, 4) is 0 Å². The standard InChI is InChI=1S/C24H40O3/c1-16(25)8-7-13-24(6)20(27)10-9-18-22(4)14-12-19(26)21(2,3)17(22)11-15-23(18,24)5/h17-19,26H,7-15H2,1-6H3/t17-,18+,19-,22-,23+,24+/m0/s1. The van der Waals surface area contributed by atoms with Gasteiger partial charge in [0.1, 0.15) is 11.6 Å². The molecule has 3 nitrogen and oxygen atoms in total. The van der Waals surface area contributed by atoms with Gasteiger partial charge < -0.3 is 9.90 Å². The van der Waals surface area contributed by atoms with Crippen LogP contribution in [-0.2, 0) is 9.59 Å². The smallest absolute Gasteiger partial charge is 0.139 e. The molecule has 0 aromatic rings. The molecular weight excluding hydrogens is 336 g/mol. The van der Waals surface area contributed by atoms with Crippen LogP contribution in [0.5, 0.6) is 0 Å². The molecule has 0 aromatic carbocycles. The van der Waals surface area contributed by atoms with Gasteiger partial charge in [-0.15, -0.1) is 0 Å². The third-order valence-electron chi connectivity index (χ3n) is 9.77. The Morgan fingerprint density at radius 3 is 2.33 bits per heavy atom. The van der Waals surface area contributed by atoms with Crippen LogP contribution in [0.1, 0.15) is 99.3 Å². The zero-order valence-corrected chi connectivity index (χ0v) is 18.4. The number of carbonyl (C=O) groups is 2. The third kappa shape index (κ3) is 2.94. The summed E-state index contributed by atoms with van der Waals surface area (Å²) >= 11 is 0. The highest BCUT2D eigenvalue weighted by atomic mass is 16.3. The molecule has 0 heterocycles. The van der Waals surface area contributed by atoms with E-state index in [4.69, 9.17) is 0 Å². The predicted octanol–water partition coefficient (Wildman–Crippen LogP) is 5.33. The number of fused-ring (bicyclic) bond motifs is 3. The van der Waals surface area contributed by atoms with Crippen molar-refractivity contribution in [2.75, 3.05) is 0 Å². The van der Waals surface area contributed by atoms with Crippen LogP contribution >= 0.6 is 0 Å². The topological polar surface area (TPSA) is 54.4 Å². The van der Waals surface area contributed by atoms with Gasteiger partial charge in [0.15, 0.2) is 0 Å². The number of rotatable bonds is 4. The minimum Gasteiger partial charge on any atom is -0.393 e. The summed E-state index contributed by atoms with van der Waals surface area (Å²) in [6, 6.07) is 0. The quantitative estimate of drug-likeness (QED) is 0.721. The molecule has 27 heavy (non-hydrogen) atoms. The van der Waals surface area contributed by atoms with Crippen LogP contribution < -0.4 is 0 Å². The summed E-state index contributed by atoms with van der Waals surface area (Å²) in [7, 11) is 0. The molecule has 0 unspecified atom stereocenters. The molecule has 3 rings (SSSR count). The van der Waals surface area contributed by atoms with Crippen molar-refractivity contribution in [1.29, 1.82) is 0 Å². The molecule has 0 aromatic heterocycles. The molecule has 0 saturated heterocycles. The first-order chi connectivity index (χ1) is 12.4. The fraction of sp³-hybridized carbons (Fsp3) is 0.917. The van der Waals surface area contributed by atoms with E-state index in [1.165, 1.54) is 0 Å². The molecule has 0 radical (unpaired) electrons. The molecule has 0 aliphatic heterocycles. The average molecular weight is 377 g/mol. The van der Waals surface area contributed by atoms with Gasteiger partial charge in [-0.05, 0) is 80.0 Å². The molecule has 3 aliphatic carbocycles. The summed E-state index contributed by atoms with van der Waals surface area (Å²) in [5, 5.41) is 10.7. The van der Waals surface area contributed by atoms with Crippen molar-refractivity contribution < 1.29 is 14.7 Å². The highest BCUT2D eigenvalue weighted by Gasteiger charge is 2.66. The van der Waals surface area contributed by atoms with E-state index in [0.717, 1.165) is 44.9 Å². The number of aliphatic hydroxyl groups excluding tert-OH is 1. The first kappa shape index (κ1) is 21.0. The van der Waals surface area contributed by atoms with Crippen molar-refractivity contribution in [2.24, 2.45) is 33.5 Å². The SMILES string of the molecule is CC(=O)CCC[C@]1(C)C(=O)CC[C@@H]2[C@@]3(C)CC[C@H](O)C(C)(C)[C@@H]3CC[C@]21C. The van der Waals surface area contributed by atoms with Crippen LogP contribution in [0.2, 0.25) is 0 Å². The van der Waals surface area contributed by atoms with Crippen LogP contribution in [0.25, 0.3) is 0 Å². The van der Waals surface area contributed by atoms with Gasteiger partial charge in [-0.25, -0.2) is 0 Å². The molecule has 3 heteroatoms. The summed E-state index contributed by atoms with van der Waals surface area (Å²) in [6.45, 7) is 13.2. The van der Waals surface area contributed by atoms with Crippen molar-refractivity contribution >= 4 is 11.6 Å². The van der Waals surface area contributed by atoms with Gasteiger partial charge >= 0.3 is 0 Å². The fourth-order valence-electron chi connectivity index (χ4n) is 7.84. The Hall–Kier alpha value is -0.700. The lowest BCUT2D eigenvalue weighted by Gasteiger charge is -2.68. The fourth-order valence-corrected chi connectivity index (χ4v) is 7.84. The molecule has 3 aliphatic rings. The Morgan fingerprint density at radius 2 is 1.70 bits per heavy atom. The van der Waals surface area contributed by atoms with E-state index >= 15 is 0 Å². The molecule has 3 saturated carbocycles. The summed E-state index contributed by atoms with van der Waals surface area (Å²) in [5.74, 6) is 1.68. The Labute approximate surface area is 165 Å². The second-order valence-corrected chi connectivity index (χ2v) is 11.3. The van der Waals surface area contributed by atoms with E-state index < -0.39 is 0 Å². The summed E-state index contributed by atoms with van der Waals surface area (Å²) in [4.78, 5) is 24.6. The van der Waals surface area contributed by atoms with E-state index in [1.54, 1.807) is 6.92 Å². The summed E-state index contributed by atoms with van der Waals surface area (Å²) in [5.41, 5.74) is -0.179. The van der Waals surface area contributed by atoms with E-state index in [-0.39, 0.29) is 33.5 Å². The minimum absolute atomic E-state index is 0.00272. The number of carbonyl (C=O) groups excluding carboxylic acids is 2. The van der Waals surface area contributed by atoms with Gasteiger partial charge in [0, 0.05) is 18.3 Å². The Morgan fingerprint density at radius 1 is 1.04 bits per heavy atom. The van der Waals surface area contributed by atoms with Gasteiger partial charge in [0.2, 0.25) is 0 Å². The van der Waals surface area contributed by atoms with Crippen molar-refractivity contribution in [3.63, 3.8) is 0 Å². The molecule has 0 spiro atoms. The molecule has 1 N–H and O–H groups in total. The Bertz CT molecular complexity index is 623. The van der Waals surface area contributed by atoms with Crippen LogP contribution in [0.3, 0.4) is 0 Å². The summed E-state index contributed by atoms with van der Waals surface area (Å²) < 4.78 is 0. The maximum Gasteiger partial charge on any atom is 0.139 e. The Balaban J connectivity index is 1.95. The molecule has 3 fully saturated rings. The second kappa shape index (κ2) is 6.68. The van der Waals surface area contributed by atoms with Gasteiger partial charge in [0.05, 0.1) is 6.10 Å². The number of Topliss-reactive ketones (excluding diaryl/α,β-unsaturated/α-hetero) is 2. The maximum absolute atomic E-state index is 13.2. The maximum atomic E-state index is 13.2. The van der Waals surface area contributed by atoms with E-state index in [2.05, 4.69) is 34.6 Å². The van der Waals surface area contributed by atoms with Gasteiger partial charge in [0.25, 0.3) is 0 Å². The number of aliphatic hydroxyl groups is 1. The van der Waals surface area contributed by atoms with Crippen LogP contribution in [0, 0.1) is 33.5 Å². The number of ketones is 2. The molecule has 6 atom stereocenters. The van der Waals surface area contributed by atoms with Gasteiger partial charge in [-0.1, -0.05) is 34.6 Å². The first-order valence-electron chi connectivity index (χ1n) is 11.1. The average Bonchev–Trinajstić information content (AvgIpc) is 2.56. The van der Waals surface area contributed by atoms with Crippen molar-refractivity contribution in [2.45, 2.75) is 105 Å². The van der Waals surface area contributed by atoms with Crippen LogP contribution in [0.4, 0.5) is 0 Å². The number of hydrogen-bond donors (Lipinski definition) is 1. The van der Waals surface area contributed by atoms with Gasteiger partial charge in [-0.2, -0.15) is 0 Å². The normalized spacial score (nSPS) is 46.5. The highest BCUT2D eigenvalue weighted by Crippen LogP contribution is 2.71. The zero-order valence-electron chi connectivity index (χ0n) is 18.4. The predicted molar refractivity (Wildman–Crippen MR) is 108 cm³/mol. The zero-order chi connectivity index (χ0) is 20.3. The lowest BCUT2D eigenvalue weighted by atomic mass is 9.36. The van der Waals surface area contributed by atoms with Gasteiger partial charge in [-0.3, -0.25) is 4.79 Å². The monoisotopic (exact) mass is 376 g/mol.